The Morgan fingerprint density at radius 3 is 2.39 bits per heavy atom. The van der Waals surface area contributed by atoms with Crippen molar-refractivity contribution in [2.24, 2.45) is 5.73 Å². The summed E-state index contributed by atoms with van der Waals surface area (Å²) in [6.07, 6.45) is 2.29. The summed E-state index contributed by atoms with van der Waals surface area (Å²) >= 11 is 0. The van der Waals surface area contributed by atoms with Crippen LogP contribution in [-0.2, 0) is 17.8 Å². The van der Waals surface area contributed by atoms with Gasteiger partial charge in [-0.1, -0.05) is 61.5 Å². The second-order valence-electron chi connectivity index (χ2n) is 5.84. The second kappa shape index (κ2) is 9.23. The Labute approximate surface area is 138 Å². The summed E-state index contributed by atoms with van der Waals surface area (Å²) in [5.41, 5.74) is 9.16. The molecule has 0 unspecified atom stereocenters. The maximum atomic E-state index is 11.8. The molecule has 0 saturated carbocycles. The molecule has 0 spiro atoms. The van der Waals surface area contributed by atoms with Gasteiger partial charge in [-0.25, -0.2) is 0 Å². The summed E-state index contributed by atoms with van der Waals surface area (Å²) < 4.78 is 5.69. The SMILES string of the molecule is CCCC(=O)c1ccc(COC[C@@H](N)Cc2ccccc2)cc1. The maximum absolute atomic E-state index is 11.8. The topological polar surface area (TPSA) is 52.3 Å². The molecule has 3 heteroatoms. The van der Waals surface area contributed by atoms with E-state index in [0.717, 1.165) is 24.0 Å². The van der Waals surface area contributed by atoms with Crippen molar-refractivity contribution in [1.82, 2.24) is 0 Å². The standard InChI is InChI=1S/C20H25NO2/c1-2-6-20(22)18-11-9-17(10-12-18)14-23-15-19(21)13-16-7-4-3-5-8-16/h3-5,7-12,19H,2,6,13-15,21H2,1H3/t19-/m0/s1. The number of hydrogen-bond acceptors (Lipinski definition) is 3. The van der Waals surface area contributed by atoms with Crippen LogP contribution in [0.4, 0.5) is 0 Å². The minimum absolute atomic E-state index is 0.0113. The van der Waals surface area contributed by atoms with Crippen molar-refractivity contribution in [2.45, 2.75) is 38.8 Å². The number of carbonyl (C=O) groups excluding carboxylic acids is 1. The number of Topliss-reactive ketones (excluding diaryl/α,β-unsaturated/α-hetero) is 1. The quantitative estimate of drug-likeness (QED) is 0.717. The largest absolute Gasteiger partial charge is 0.375 e. The molecule has 1 atom stereocenters. The first-order valence-electron chi connectivity index (χ1n) is 8.18. The van der Waals surface area contributed by atoms with Crippen LogP contribution < -0.4 is 5.73 Å². The van der Waals surface area contributed by atoms with E-state index in [-0.39, 0.29) is 11.8 Å². The minimum atomic E-state index is -0.0113. The molecule has 2 aromatic carbocycles. The molecule has 2 N–H and O–H groups in total. The van der Waals surface area contributed by atoms with Crippen molar-refractivity contribution in [3.8, 4) is 0 Å². The van der Waals surface area contributed by atoms with Gasteiger partial charge in [0.05, 0.1) is 13.2 Å². The van der Waals surface area contributed by atoms with Crippen molar-refractivity contribution in [3.05, 3.63) is 71.3 Å². The summed E-state index contributed by atoms with van der Waals surface area (Å²) in [6, 6.07) is 17.8. The molecule has 0 fully saturated rings. The molecular weight excluding hydrogens is 286 g/mol. The van der Waals surface area contributed by atoms with Crippen LogP contribution in [0.5, 0.6) is 0 Å². The lowest BCUT2D eigenvalue weighted by atomic mass is 10.1. The van der Waals surface area contributed by atoms with Crippen molar-refractivity contribution in [2.75, 3.05) is 6.61 Å². The van der Waals surface area contributed by atoms with E-state index in [4.69, 9.17) is 10.5 Å². The number of rotatable bonds is 9. The molecule has 0 aliphatic rings. The maximum Gasteiger partial charge on any atom is 0.162 e. The van der Waals surface area contributed by atoms with Crippen LogP contribution in [0.2, 0.25) is 0 Å². The van der Waals surface area contributed by atoms with Gasteiger partial charge in [0.15, 0.2) is 5.78 Å². The highest BCUT2D eigenvalue weighted by molar-refractivity contribution is 5.95. The highest BCUT2D eigenvalue weighted by Gasteiger charge is 2.06. The van der Waals surface area contributed by atoms with Crippen molar-refractivity contribution in [1.29, 1.82) is 0 Å². The van der Waals surface area contributed by atoms with Crippen LogP contribution in [0.1, 0.15) is 41.3 Å². The molecule has 3 nitrogen and oxygen atoms in total. The van der Waals surface area contributed by atoms with E-state index in [1.807, 2.05) is 49.4 Å². The molecule has 0 aliphatic heterocycles. The Kier molecular flexibility index (Phi) is 6.98. The molecule has 2 aromatic rings. The third kappa shape index (κ3) is 5.97. The van der Waals surface area contributed by atoms with Gasteiger partial charge in [-0.05, 0) is 24.0 Å². The minimum Gasteiger partial charge on any atom is -0.375 e. The molecule has 0 radical (unpaired) electrons. The highest BCUT2D eigenvalue weighted by atomic mass is 16.5. The zero-order chi connectivity index (χ0) is 16.5. The van der Waals surface area contributed by atoms with Gasteiger partial charge >= 0.3 is 0 Å². The predicted octanol–water partition coefficient (Wildman–Crippen LogP) is 3.76. The van der Waals surface area contributed by atoms with Crippen molar-refractivity contribution < 1.29 is 9.53 Å². The van der Waals surface area contributed by atoms with Crippen molar-refractivity contribution in [3.63, 3.8) is 0 Å². The van der Waals surface area contributed by atoms with E-state index in [1.165, 1.54) is 5.56 Å². The van der Waals surface area contributed by atoms with Crippen LogP contribution in [-0.4, -0.2) is 18.4 Å². The van der Waals surface area contributed by atoms with E-state index in [2.05, 4.69) is 12.1 Å². The summed E-state index contributed by atoms with van der Waals surface area (Å²) in [5.74, 6) is 0.199. The van der Waals surface area contributed by atoms with Gasteiger partial charge < -0.3 is 10.5 Å². The molecule has 0 bridgehead atoms. The van der Waals surface area contributed by atoms with Gasteiger partial charge in [-0.3, -0.25) is 4.79 Å². The van der Waals surface area contributed by atoms with Gasteiger partial charge in [0.1, 0.15) is 0 Å². The number of ketones is 1. The Bertz CT molecular complexity index is 593. The number of benzene rings is 2. The first-order valence-corrected chi connectivity index (χ1v) is 8.18. The highest BCUT2D eigenvalue weighted by Crippen LogP contribution is 2.10. The smallest absolute Gasteiger partial charge is 0.162 e. The Hall–Kier alpha value is -1.97. The first kappa shape index (κ1) is 17.4. The Morgan fingerprint density at radius 2 is 1.74 bits per heavy atom. The van der Waals surface area contributed by atoms with Crippen LogP contribution in [0.3, 0.4) is 0 Å². The third-order valence-corrected chi connectivity index (χ3v) is 3.69. The Balaban J connectivity index is 1.74. The molecule has 122 valence electrons. The molecule has 23 heavy (non-hydrogen) atoms. The lowest BCUT2D eigenvalue weighted by Gasteiger charge is -2.12. The van der Waals surface area contributed by atoms with Crippen LogP contribution in [0, 0.1) is 0 Å². The van der Waals surface area contributed by atoms with Gasteiger partial charge in [-0.15, -0.1) is 0 Å². The normalized spacial score (nSPS) is 12.1. The van der Waals surface area contributed by atoms with E-state index in [0.29, 0.717) is 19.6 Å². The van der Waals surface area contributed by atoms with Crippen LogP contribution in [0.25, 0.3) is 0 Å². The molecule has 0 aliphatic carbocycles. The zero-order valence-corrected chi connectivity index (χ0v) is 13.7. The molecular formula is C20H25NO2. The average molecular weight is 311 g/mol. The fourth-order valence-electron chi connectivity index (χ4n) is 2.46. The monoisotopic (exact) mass is 311 g/mol. The second-order valence-corrected chi connectivity index (χ2v) is 5.84. The molecule has 0 aromatic heterocycles. The van der Waals surface area contributed by atoms with Crippen LogP contribution in [0.15, 0.2) is 54.6 Å². The van der Waals surface area contributed by atoms with Crippen LogP contribution >= 0.6 is 0 Å². The lowest BCUT2D eigenvalue weighted by molar-refractivity contribution is 0.0981. The molecule has 2 rings (SSSR count). The summed E-state index contributed by atoms with van der Waals surface area (Å²) in [4.78, 5) is 11.8. The summed E-state index contributed by atoms with van der Waals surface area (Å²) in [6.45, 7) is 3.05. The summed E-state index contributed by atoms with van der Waals surface area (Å²) in [7, 11) is 0. The van der Waals surface area contributed by atoms with Gasteiger partial charge in [0.2, 0.25) is 0 Å². The van der Waals surface area contributed by atoms with Gasteiger partial charge in [0.25, 0.3) is 0 Å². The molecule has 0 amide bonds. The van der Waals surface area contributed by atoms with Gasteiger partial charge in [-0.2, -0.15) is 0 Å². The lowest BCUT2D eigenvalue weighted by Crippen LogP contribution is -2.28. The number of nitrogens with two attached hydrogens (primary N) is 1. The predicted molar refractivity (Wildman–Crippen MR) is 93.5 cm³/mol. The number of hydrogen-bond donors (Lipinski definition) is 1. The zero-order valence-electron chi connectivity index (χ0n) is 13.7. The fraction of sp³-hybridized carbons (Fsp3) is 0.350. The van der Waals surface area contributed by atoms with E-state index < -0.39 is 0 Å². The number of ether oxygens (including phenoxy) is 1. The average Bonchev–Trinajstić information content (AvgIpc) is 2.56. The third-order valence-electron chi connectivity index (χ3n) is 3.69. The van der Waals surface area contributed by atoms with E-state index in [1.54, 1.807) is 0 Å². The first-order chi connectivity index (χ1) is 11.2. The molecule has 0 heterocycles. The summed E-state index contributed by atoms with van der Waals surface area (Å²) in [5, 5.41) is 0. The molecule has 0 saturated heterocycles. The van der Waals surface area contributed by atoms with Gasteiger partial charge in [0, 0.05) is 18.0 Å². The Morgan fingerprint density at radius 1 is 1.04 bits per heavy atom. The van der Waals surface area contributed by atoms with E-state index in [9.17, 15) is 4.79 Å². The number of carbonyl (C=O) groups is 1. The van der Waals surface area contributed by atoms with Crippen molar-refractivity contribution >= 4 is 5.78 Å². The van der Waals surface area contributed by atoms with E-state index >= 15 is 0 Å². The fourth-order valence-corrected chi connectivity index (χ4v) is 2.46.